The van der Waals surface area contributed by atoms with E-state index in [0.29, 0.717) is 11.7 Å². The van der Waals surface area contributed by atoms with Crippen LogP contribution in [-0.4, -0.2) is 61.6 Å². The van der Waals surface area contributed by atoms with Gasteiger partial charge in [-0.3, -0.25) is 9.69 Å². The zero-order valence-electron chi connectivity index (χ0n) is 15.0. The lowest BCUT2D eigenvalue weighted by Gasteiger charge is -2.33. The molecule has 3 heterocycles. The van der Waals surface area contributed by atoms with Crippen LogP contribution in [0, 0.1) is 5.92 Å². The molecule has 5 nitrogen and oxygen atoms in total. The third-order valence-corrected chi connectivity index (χ3v) is 6.04. The summed E-state index contributed by atoms with van der Waals surface area (Å²) in [6, 6.07) is 7.66. The standard InChI is InChI=1S/C20H25BrN2O3/c21-17-1-2-18-16(13-17)14-19(26-18)20(24)23-7-4-15(5-8-23)3-6-22-9-11-25-12-10-22/h1-2,13-15H,3-12H2. The van der Waals surface area contributed by atoms with Gasteiger partial charge in [0.1, 0.15) is 5.58 Å². The number of morpholine rings is 1. The highest BCUT2D eigenvalue weighted by Crippen LogP contribution is 2.26. The molecule has 2 fully saturated rings. The first-order chi connectivity index (χ1) is 12.7. The van der Waals surface area contributed by atoms with Gasteiger partial charge in [0, 0.05) is 36.0 Å². The Bertz CT molecular complexity index is 762. The lowest BCUT2D eigenvalue weighted by Crippen LogP contribution is -2.40. The van der Waals surface area contributed by atoms with E-state index >= 15 is 0 Å². The van der Waals surface area contributed by atoms with Crippen molar-refractivity contribution in [2.75, 3.05) is 45.9 Å². The molecule has 1 aromatic heterocycles. The van der Waals surface area contributed by atoms with Crippen LogP contribution in [0.25, 0.3) is 11.0 Å². The second kappa shape index (κ2) is 8.11. The van der Waals surface area contributed by atoms with E-state index in [0.717, 1.165) is 74.2 Å². The van der Waals surface area contributed by atoms with Crippen molar-refractivity contribution in [1.29, 1.82) is 0 Å². The summed E-state index contributed by atoms with van der Waals surface area (Å²) in [4.78, 5) is 17.2. The molecule has 26 heavy (non-hydrogen) atoms. The number of hydrogen-bond donors (Lipinski definition) is 0. The third kappa shape index (κ3) is 4.13. The largest absolute Gasteiger partial charge is 0.451 e. The highest BCUT2D eigenvalue weighted by atomic mass is 79.9. The van der Waals surface area contributed by atoms with Gasteiger partial charge < -0.3 is 14.1 Å². The number of nitrogens with zero attached hydrogens (tertiary/aromatic N) is 2. The number of benzene rings is 1. The molecule has 1 aromatic carbocycles. The van der Waals surface area contributed by atoms with Gasteiger partial charge in [0.15, 0.2) is 5.76 Å². The summed E-state index contributed by atoms with van der Waals surface area (Å²) in [6.07, 6.45) is 3.39. The molecule has 2 aliphatic rings. The number of hydrogen-bond acceptors (Lipinski definition) is 4. The molecule has 0 spiro atoms. The summed E-state index contributed by atoms with van der Waals surface area (Å²) in [5.74, 6) is 1.18. The predicted octanol–water partition coefficient (Wildman–Crippen LogP) is 3.77. The number of likely N-dealkylation sites (tertiary alicyclic amines) is 1. The van der Waals surface area contributed by atoms with Crippen molar-refractivity contribution in [3.63, 3.8) is 0 Å². The van der Waals surface area contributed by atoms with Crippen LogP contribution in [0.1, 0.15) is 29.8 Å². The van der Waals surface area contributed by atoms with E-state index in [4.69, 9.17) is 9.15 Å². The summed E-state index contributed by atoms with van der Waals surface area (Å²) < 4.78 is 12.2. The van der Waals surface area contributed by atoms with Gasteiger partial charge in [-0.2, -0.15) is 0 Å². The van der Waals surface area contributed by atoms with E-state index in [1.165, 1.54) is 6.42 Å². The highest BCUT2D eigenvalue weighted by molar-refractivity contribution is 9.10. The van der Waals surface area contributed by atoms with Crippen LogP contribution in [0.3, 0.4) is 0 Å². The van der Waals surface area contributed by atoms with Crippen molar-refractivity contribution in [1.82, 2.24) is 9.80 Å². The Morgan fingerprint density at radius 3 is 2.65 bits per heavy atom. The van der Waals surface area contributed by atoms with Gasteiger partial charge in [-0.25, -0.2) is 0 Å². The SMILES string of the molecule is O=C(c1cc2cc(Br)ccc2o1)N1CCC(CCN2CCOCC2)CC1. The predicted molar refractivity (Wildman–Crippen MR) is 104 cm³/mol. The van der Waals surface area contributed by atoms with Crippen LogP contribution in [-0.2, 0) is 4.74 Å². The van der Waals surface area contributed by atoms with E-state index in [9.17, 15) is 4.79 Å². The third-order valence-electron chi connectivity index (χ3n) is 5.55. The van der Waals surface area contributed by atoms with E-state index in [1.807, 2.05) is 29.2 Å². The molecule has 6 heteroatoms. The van der Waals surface area contributed by atoms with Gasteiger partial charge in [0.25, 0.3) is 5.91 Å². The zero-order chi connectivity index (χ0) is 17.9. The Morgan fingerprint density at radius 1 is 1.12 bits per heavy atom. The van der Waals surface area contributed by atoms with Crippen LogP contribution in [0.4, 0.5) is 0 Å². The van der Waals surface area contributed by atoms with Crippen molar-refractivity contribution in [2.24, 2.45) is 5.92 Å². The topological polar surface area (TPSA) is 45.9 Å². The summed E-state index contributed by atoms with van der Waals surface area (Å²) in [7, 11) is 0. The van der Waals surface area contributed by atoms with Crippen LogP contribution in [0.15, 0.2) is 33.2 Å². The molecule has 140 valence electrons. The fourth-order valence-electron chi connectivity index (χ4n) is 3.89. The van der Waals surface area contributed by atoms with Gasteiger partial charge in [-0.1, -0.05) is 15.9 Å². The Kier molecular flexibility index (Phi) is 5.62. The Morgan fingerprint density at radius 2 is 1.88 bits per heavy atom. The molecule has 0 N–H and O–H groups in total. The van der Waals surface area contributed by atoms with Crippen molar-refractivity contribution in [3.05, 3.63) is 34.5 Å². The Labute approximate surface area is 162 Å². The number of piperidine rings is 1. The lowest BCUT2D eigenvalue weighted by molar-refractivity contribution is 0.0331. The first-order valence-electron chi connectivity index (χ1n) is 9.47. The van der Waals surface area contributed by atoms with Gasteiger partial charge in [0.05, 0.1) is 13.2 Å². The molecule has 0 atom stereocenters. The van der Waals surface area contributed by atoms with Crippen LogP contribution in [0.5, 0.6) is 0 Å². The fourth-order valence-corrected chi connectivity index (χ4v) is 4.27. The first-order valence-corrected chi connectivity index (χ1v) is 10.3. The van der Waals surface area contributed by atoms with E-state index in [2.05, 4.69) is 20.8 Å². The minimum atomic E-state index is 0.0175. The number of amides is 1. The monoisotopic (exact) mass is 420 g/mol. The summed E-state index contributed by atoms with van der Waals surface area (Å²) >= 11 is 3.46. The van der Waals surface area contributed by atoms with Crippen LogP contribution in [0.2, 0.25) is 0 Å². The average molecular weight is 421 g/mol. The second-order valence-electron chi connectivity index (χ2n) is 7.27. The van der Waals surface area contributed by atoms with E-state index in [-0.39, 0.29) is 5.91 Å². The molecule has 0 aliphatic carbocycles. The minimum Gasteiger partial charge on any atom is -0.451 e. The number of carbonyl (C=O) groups excluding carboxylic acids is 1. The number of halogens is 1. The molecule has 2 aromatic rings. The quantitative estimate of drug-likeness (QED) is 0.754. The molecule has 2 saturated heterocycles. The molecule has 0 unspecified atom stereocenters. The number of ether oxygens (including phenoxy) is 1. The van der Waals surface area contributed by atoms with Crippen LogP contribution < -0.4 is 0 Å². The Balaban J connectivity index is 1.29. The second-order valence-corrected chi connectivity index (χ2v) is 8.19. The molecular formula is C20H25BrN2O3. The van der Waals surface area contributed by atoms with Crippen molar-refractivity contribution in [2.45, 2.75) is 19.3 Å². The molecular weight excluding hydrogens is 396 g/mol. The fraction of sp³-hybridized carbons (Fsp3) is 0.550. The molecule has 0 radical (unpaired) electrons. The number of carbonyl (C=O) groups is 1. The highest BCUT2D eigenvalue weighted by Gasteiger charge is 2.26. The first kappa shape index (κ1) is 18.0. The van der Waals surface area contributed by atoms with E-state index in [1.54, 1.807) is 0 Å². The zero-order valence-corrected chi connectivity index (χ0v) is 16.5. The summed E-state index contributed by atoms with van der Waals surface area (Å²) in [6.45, 7) is 6.64. The van der Waals surface area contributed by atoms with Crippen molar-refractivity contribution >= 4 is 32.8 Å². The normalized spacial score (nSPS) is 20.0. The summed E-state index contributed by atoms with van der Waals surface area (Å²) in [5, 5.41) is 0.961. The lowest BCUT2D eigenvalue weighted by atomic mass is 9.93. The molecule has 4 rings (SSSR count). The Hall–Kier alpha value is -1.37. The maximum absolute atomic E-state index is 12.8. The summed E-state index contributed by atoms with van der Waals surface area (Å²) in [5.41, 5.74) is 0.761. The molecule has 1 amide bonds. The number of rotatable bonds is 4. The number of fused-ring (bicyclic) bond motifs is 1. The van der Waals surface area contributed by atoms with Gasteiger partial charge in [-0.05, 0) is 56.0 Å². The average Bonchev–Trinajstić information content (AvgIpc) is 3.10. The maximum atomic E-state index is 12.8. The molecule has 0 saturated carbocycles. The van der Waals surface area contributed by atoms with E-state index < -0.39 is 0 Å². The molecule has 2 aliphatic heterocycles. The van der Waals surface area contributed by atoms with Crippen LogP contribution >= 0.6 is 15.9 Å². The van der Waals surface area contributed by atoms with Crippen molar-refractivity contribution < 1.29 is 13.9 Å². The molecule has 0 bridgehead atoms. The number of furan rings is 1. The van der Waals surface area contributed by atoms with Crippen molar-refractivity contribution in [3.8, 4) is 0 Å². The smallest absolute Gasteiger partial charge is 0.289 e. The van der Waals surface area contributed by atoms with Gasteiger partial charge >= 0.3 is 0 Å². The van der Waals surface area contributed by atoms with Gasteiger partial charge in [0.2, 0.25) is 0 Å². The van der Waals surface area contributed by atoms with Gasteiger partial charge in [-0.15, -0.1) is 0 Å². The minimum absolute atomic E-state index is 0.0175. The maximum Gasteiger partial charge on any atom is 0.289 e.